The zero-order valence-electron chi connectivity index (χ0n) is 8.69. The van der Waals surface area contributed by atoms with E-state index in [1.54, 1.807) is 23.5 Å². The Hall–Kier alpha value is 1.07. The van der Waals surface area contributed by atoms with Gasteiger partial charge in [-0.25, -0.2) is 0 Å². The molecule has 0 aromatic heterocycles. The van der Waals surface area contributed by atoms with Crippen LogP contribution >= 0.6 is 47.0 Å². The van der Waals surface area contributed by atoms with Gasteiger partial charge in [-0.3, -0.25) is 4.57 Å². The van der Waals surface area contributed by atoms with Crippen molar-refractivity contribution in [1.29, 1.82) is 0 Å². The molecule has 0 atom stereocenters. The molecule has 1 aliphatic heterocycles. The normalized spacial score (nSPS) is 17.1. The molecule has 0 aliphatic carbocycles. The van der Waals surface area contributed by atoms with E-state index in [2.05, 4.69) is 15.9 Å². The molecule has 0 unspecified atom stereocenters. The first-order valence-electron chi connectivity index (χ1n) is 4.69. The third-order valence-electron chi connectivity index (χ3n) is 1.56. The molecule has 0 spiro atoms. The SMILES string of the molecule is CCOP(=O)(OCC)C(Br)=C1SCCS1. The number of hydrogen-bond donors (Lipinski definition) is 0. The van der Waals surface area contributed by atoms with Crippen LogP contribution in [-0.2, 0) is 13.6 Å². The van der Waals surface area contributed by atoms with Crippen molar-refractivity contribution in [2.24, 2.45) is 0 Å². The second kappa shape index (κ2) is 6.72. The second-order valence-electron chi connectivity index (χ2n) is 2.61. The van der Waals surface area contributed by atoms with Crippen molar-refractivity contribution in [3.63, 3.8) is 0 Å². The molecule has 0 N–H and O–H groups in total. The van der Waals surface area contributed by atoms with Crippen molar-refractivity contribution in [2.75, 3.05) is 24.7 Å². The van der Waals surface area contributed by atoms with Gasteiger partial charge in [0.2, 0.25) is 0 Å². The lowest BCUT2D eigenvalue weighted by atomic mass is 10.9. The maximum absolute atomic E-state index is 12.3. The summed E-state index contributed by atoms with van der Waals surface area (Å²) < 4.78 is 24.4. The minimum Gasteiger partial charge on any atom is -0.305 e. The minimum absolute atomic E-state index is 0.384. The van der Waals surface area contributed by atoms with Gasteiger partial charge in [0.05, 0.1) is 17.5 Å². The molecule has 0 amide bonds. The van der Waals surface area contributed by atoms with Crippen LogP contribution in [0.1, 0.15) is 13.8 Å². The highest BCUT2D eigenvalue weighted by Gasteiger charge is 2.32. The van der Waals surface area contributed by atoms with Crippen LogP contribution in [-0.4, -0.2) is 24.7 Å². The van der Waals surface area contributed by atoms with Gasteiger partial charge in [-0.15, -0.1) is 23.5 Å². The van der Waals surface area contributed by atoms with E-state index < -0.39 is 7.60 Å². The van der Waals surface area contributed by atoms with Gasteiger partial charge >= 0.3 is 7.60 Å². The Morgan fingerprint density at radius 1 is 1.33 bits per heavy atom. The molecule has 0 aromatic rings. The predicted octanol–water partition coefficient (Wildman–Crippen LogP) is 4.25. The highest BCUT2D eigenvalue weighted by Crippen LogP contribution is 2.63. The average Bonchev–Trinajstić information content (AvgIpc) is 2.70. The summed E-state index contributed by atoms with van der Waals surface area (Å²) in [5, 5.41) is 0. The lowest BCUT2D eigenvalue weighted by Crippen LogP contribution is -1.96. The molecule has 1 rings (SSSR count). The van der Waals surface area contributed by atoms with Crippen molar-refractivity contribution in [1.82, 2.24) is 0 Å². The molecule has 3 nitrogen and oxygen atoms in total. The predicted molar refractivity (Wildman–Crippen MR) is 71.7 cm³/mol. The molecule has 0 bridgehead atoms. The van der Waals surface area contributed by atoms with Crippen molar-refractivity contribution in [3.05, 3.63) is 8.46 Å². The smallest absolute Gasteiger partial charge is 0.305 e. The lowest BCUT2D eigenvalue weighted by Gasteiger charge is -2.17. The standard InChI is InChI=1S/C8H14BrO3PS2/c1-3-11-13(10,12-4-2)7(9)8-14-5-6-15-8/h3-6H2,1-2H3. The summed E-state index contributed by atoms with van der Waals surface area (Å²) in [5.41, 5.74) is 0. The van der Waals surface area contributed by atoms with Crippen LogP contribution in [0.3, 0.4) is 0 Å². The van der Waals surface area contributed by atoms with Crippen LogP contribution in [0.5, 0.6) is 0 Å². The molecule has 0 saturated carbocycles. The zero-order chi connectivity index (χ0) is 11.3. The van der Waals surface area contributed by atoms with Crippen molar-refractivity contribution in [2.45, 2.75) is 13.8 Å². The maximum atomic E-state index is 12.3. The Morgan fingerprint density at radius 3 is 2.20 bits per heavy atom. The first kappa shape index (κ1) is 14.1. The molecule has 1 fully saturated rings. The number of rotatable bonds is 5. The number of halogens is 1. The number of hydrogen-bond acceptors (Lipinski definition) is 5. The Labute approximate surface area is 107 Å². The third-order valence-corrected chi connectivity index (χ3v) is 8.70. The van der Waals surface area contributed by atoms with Gasteiger partial charge < -0.3 is 9.05 Å². The molecule has 7 heteroatoms. The van der Waals surface area contributed by atoms with Crippen LogP contribution in [0.4, 0.5) is 0 Å². The molecule has 88 valence electrons. The van der Waals surface area contributed by atoms with E-state index in [1.165, 1.54) is 0 Å². The molecule has 1 saturated heterocycles. The first-order chi connectivity index (χ1) is 7.14. The van der Waals surface area contributed by atoms with Crippen LogP contribution in [0, 0.1) is 0 Å². The van der Waals surface area contributed by atoms with E-state index in [1.807, 2.05) is 13.8 Å². The van der Waals surface area contributed by atoms with Crippen LogP contribution in [0.25, 0.3) is 0 Å². The van der Waals surface area contributed by atoms with E-state index in [0.29, 0.717) is 17.4 Å². The van der Waals surface area contributed by atoms with E-state index in [0.717, 1.165) is 15.7 Å². The quantitative estimate of drug-likeness (QED) is 0.703. The van der Waals surface area contributed by atoms with Gasteiger partial charge in [0, 0.05) is 11.5 Å². The monoisotopic (exact) mass is 332 g/mol. The largest absolute Gasteiger partial charge is 0.369 e. The molecule has 0 aromatic carbocycles. The topological polar surface area (TPSA) is 35.5 Å². The molecule has 1 aliphatic rings. The van der Waals surface area contributed by atoms with Gasteiger partial charge in [-0.1, -0.05) is 0 Å². The Kier molecular flexibility index (Phi) is 6.33. The summed E-state index contributed by atoms with van der Waals surface area (Å²) >= 11 is 6.74. The van der Waals surface area contributed by atoms with E-state index in [4.69, 9.17) is 9.05 Å². The van der Waals surface area contributed by atoms with E-state index in [9.17, 15) is 4.57 Å². The molecular formula is C8H14BrO3PS2. The summed E-state index contributed by atoms with van der Waals surface area (Å²) in [6, 6.07) is 0. The summed E-state index contributed by atoms with van der Waals surface area (Å²) in [6.45, 7) is 4.39. The summed E-state index contributed by atoms with van der Waals surface area (Å²) in [4.78, 5) is 0. The fraction of sp³-hybridized carbons (Fsp3) is 0.750. The average molecular weight is 333 g/mol. The first-order valence-corrected chi connectivity index (χ1v) is 8.99. The summed E-state index contributed by atoms with van der Waals surface area (Å²) in [5.74, 6) is 2.10. The van der Waals surface area contributed by atoms with Gasteiger partial charge in [0.1, 0.15) is 4.22 Å². The number of thioether (sulfide) groups is 2. The molecular weight excluding hydrogens is 319 g/mol. The van der Waals surface area contributed by atoms with Crippen LogP contribution in [0.2, 0.25) is 0 Å². The highest BCUT2D eigenvalue weighted by molar-refractivity contribution is 9.13. The zero-order valence-corrected chi connectivity index (χ0v) is 12.8. The Bertz CT molecular complexity index is 278. The van der Waals surface area contributed by atoms with Crippen molar-refractivity contribution < 1.29 is 13.6 Å². The summed E-state index contributed by atoms with van der Waals surface area (Å²) in [7, 11) is -3.10. The van der Waals surface area contributed by atoms with Crippen molar-refractivity contribution >= 4 is 47.0 Å². The lowest BCUT2D eigenvalue weighted by molar-refractivity contribution is 0.228. The molecule has 1 heterocycles. The van der Waals surface area contributed by atoms with Crippen LogP contribution < -0.4 is 0 Å². The van der Waals surface area contributed by atoms with Crippen LogP contribution in [0.15, 0.2) is 8.46 Å². The van der Waals surface area contributed by atoms with Gasteiger partial charge in [0.15, 0.2) is 0 Å². The molecule has 15 heavy (non-hydrogen) atoms. The summed E-state index contributed by atoms with van der Waals surface area (Å²) in [6.07, 6.45) is 0. The minimum atomic E-state index is -3.10. The second-order valence-corrected chi connectivity index (χ2v) is 8.44. The van der Waals surface area contributed by atoms with Gasteiger partial charge in [-0.05, 0) is 29.8 Å². The van der Waals surface area contributed by atoms with E-state index in [-0.39, 0.29) is 0 Å². The molecule has 0 radical (unpaired) electrons. The highest BCUT2D eigenvalue weighted by atomic mass is 79.9. The van der Waals surface area contributed by atoms with E-state index >= 15 is 0 Å². The maximum Gasteiger partial charge on any atom is 0.369 e. The fourth-order valence-corrected chi connectivity index (χ4v) is 6.70. The Morgan fingerprint density at radius 2 is 1.80 bits per heavy atom. The van der Waals surface area contributed by atoms with Crippen molar-refractivity contribution in [3.8, 4) is 0 Å². The van der Waals surface area contributed by atoms with Gasteiger partial charge in [0.25, 0.3) is 0 Å². The Balaban J connectivity index is 2.87. The van der Waals surface area contributed by atoms with Gasteiger partial charge in [-0.2, -0.15) is 0 Å². The third kappa shape index (κ3) is 3.79. The fourth-order valence-electron chi connectivity index (χ4n) is 1.03.